The van der Waals surface area contributed by atoms with Gasteiger partial charge < -0.3 is 19.1 Å². The summed E-state index contributed by atoms with van der Waals surface area (Å²) < 4.78 is 18.9. The van der Waals surface area contributed by atoms with Crippen LogP contribution in [0.5, 0.6) is 17.2 Å². The van der Waals surface area contributed by atoms with Gasteiger partial charge in [0.15, 0.2) is 5.82 Å². The van der Waals surface area contributed by atoms with E-state index < -0.39 is 0 Å². The number of ether oxygens (including phenoxy) is 3. The third-order valence-electron chi connectivity index (χ3n) is 7.01. The first-order chi connectivity index (χ1) is 16.9. The van der Waals surface area contributed by atoms with Crippen LogP contribution >= 0.6 is 0 Å². The summed E-state index contributed by atoms with van der Waals surface area (Å²) in [6, 6.07) is 13.9. The largest absolute Gasteiger partial charge is 0.497 e. The molecule has 0 spiro atoms. The zero-order valence-corrected chi connectivity index (χ0v) is 21.6. The van der Waals surface area contributed by atoms with Crippen LogP contribution in [0.3, 0.4) is 0 Å². The quantitative estimate of drug-likeness (QED) is 0.458. The smallest absolute Gasteiger partial charge is 0.173 e. The van der Waals surface area contributed by atoms with E-state index in [9.17, 15) is 0 Å². The second-order valence-corrected chi connectivity index (χ2v) is 9.32. The summed E-state index contributed by atoms with van der Waals surface area (Å²) in [6.45, 7) is 9.81. The van der Waals surface area contributed by atoms with Crippen LogP contribution in [0.2, 0.25) is 0 Å². The molecule has 1 aromatic heterocycles. The molecule has 0 aliphatic carbocycles. The van der Waals surface area contributed by atoms with Gasteiger partial charge in [0.25, 0.3) is 0 Å². The predicted octanol–water partition coefficient (Wildman–Crippen LogP) is 3.76. The molecule has 0 bridgehead atoms. The number of aromatic nitrogens is 4. The molecule has 35 heavy (non-hydrogen) atoms. The Hall–Kier alpha value is -3.33. The van der Waals surface area contributed by atoms with E-state index in [1.165, 1.54) is 0 Å². The van der Waals surface area contributed by atoms with Crippen molar-refractivity contribution in [2.24, 2.45) is 0 Å². The second-order valence-electron chi connectivity index (χ2n) is 9.32. The number of hydrogen-bond acceptors (Lipinski definition) is 8. The number of nitrogens with zero attached hydrogens (tertiary/aromatic N) is 6. The standard InChI is InChI=1S/C26H36N6O3/c1-7-26(2,3)32-25(27-28-29-32)24(20-18-19(33-4)12-13-22(20)34-5)31-16-14-30(15-17-31)21-10-8-9-11-23(21)35-6/h8-13,18,24H,7,14-17H2,1-6H3. The molecule has 1 aliphatic rings. The van der Waals surface area contributed by atoms with Crippen molar-refractivity contribution < 1.29 is 14.2 Å². The number of para-hydroxylation sites is 2. The van der Waals surface area contributed by atoms with Crippen LogP contribution in [-0.2, 0) is 5.54 Å². The average molecular weight is 481 g/mol. The van der Waals surface area contributed by atoms with Gasteiger partial charge in [0.05, 0.1) is 32.6 Å². The monoisotopic (exact) mass is 480 g/mol. The Kier molecular flexibility index (Phi) is 7.45. The minimum atomic E-state index is -0.234. The highest BCUT2D eigenvalue weighted by Gasteiger charge is 2.36. The minimum absolute atomic E-state index is 0.194. The van der Waals surface area contributed by atoms with Crippen LogP contribution in [0.15, 0.2) is 42.5 Å². The molecule has 3 aromatic rings. The number of hydrogen-bond donors (Lipinski definition) is 0. The molecule has 188 valence electrons. The fraction of sp³-hybridized carbons (Fsp3) is 0.500. The molecule has 1 atom stereocenters. The van der Waals surface area contributed by atoms with E-state index in [0.29, 0.717) is 0 Å². The lowest BCUT2D eigenvalue weighted by Gasteiger charge is -2.41. The van der Waals surface area contributed by atoms with Crippen molar-refractivity contribution in [1.29, 1.82) is 0 Å². The first-order valence-corrected chi connectivity index (χ1v) is 12.1. The van der Waals surface area contributed by atoms with Crippen LogP contribution in [0.25, 0.3) is 0 Å². The molecular formula is C26H36N6O3. The molecule has 1 fully saturated rings. The molecule has 1 saturated heterocycles. The first kappa shape index (κ1) is 24.8. The second kappa shape index (κ2) is 10.5. The van der Waals surface area contributed by atoms with Gasteiger partial charge in [-0.2, -0.15) is 0 Å². The molecular weight excluding hydrogens is 444 g/mol. The number of rotatable bonds is 9. The summed E-state index contributed by atoms with van der Waals surface area (Å²) >= 11 is 0. The number of anilines is 1. The Morgan fingerprint density at radius 2 is 1.63 bits per heavy atom. The first-order valence-electron chi connectivity index (χ1n) is 12.1. The average Bonchev–Trinajstić information content (AvgIpc) is 3.39. The summed E-state index contributed by atoms with van der Waals surface area (Å²) in [6.07, 6.45) is 0.897. The number of piperazine rings is 1. The van der Waals surface area contributed by atoms with Gasteiger partial charge in [-0.15, -0.1) is 5.10 Å². The summed E-state index contributed by atoms with van der Waals surface area (Å²) in [5, 5.41) is 13.1. The van der Waals surface area contributed by atoms with Gasteiger partial charge in [0.1, 0.15) is 23.3 Å². The van der Waals surface area contributed by atoms with E-state index >= 15 is 0 Å². The van der Waals surface area contributed by atoms with Crippen molar-refractivity contribution in [3.8, 4) is 17.2 Å². The van der Waals surface area contributed by atoms with Crippen LogP contribution in [0.1, 0.15) is 44.6 Å². The zero-order valence-electron chi connectivity index (χ0n) is 21.6. The predicted molar refractivity (Wildman–Crippen MR) is 136 cm³/mol. The minimum Gasteiger partial charge on any atom is -0.497 e. The van der Waals surface area contributed by atoms with E-state index in [-0.39, 0.29) is 11.6 Å². The number of tetrazole rings is 1. The highest BCUT2D eigenvalue weighted by atomic mass is 16.5. The van der Waals surface area contributed by atoms with Crippen molar-refractivity contribution in [2.45, 2.75) is 38.8 Å². The highest BCUT2D eigenvalue weighted by Crippen LogP contribution is 2.39. The lowest BCUT2D eigenvalue weighted by Crippen LogP contribution is -2.49. The molecule has 0 saturated carbocycles. The van der Waals surface area contributed by atoms with Crippen LogP contribution < -0.4 is 19.1 Å². The Morgan fingerprint density at radius 1 is 0.914 bits per heavy atom. The Morgan fingerprint density at radius 3 is 2.29 bits per heavy atom. The highest BCUT2D eigenvalue weighted by molar-refractivity contribution is 5.58. The molecule has 0 amide bonds. The zero-order chi connectivity index (χ0) is 25.0. The molecule has 2 heterocycles. The summed E-state index contributed by atoms with van der Waals surface area (Å²) in [7, 11) is 5.09. The fourth-order valence-electron chi connectivity index (χ4n) is 4.61. The van der Waals surface area contributed by atoms with Crippen molar-refractivity contribution in [3.05, 3.63) is 53.9 Å². The van der Waals surface area contributed by atoms with Crippen molar-refractivity contribution >= 4 is 5.69 Å². The van der Waals surface area contributed by atoms with E-state index in [1.54, 1.807) is 21.3 Å². The Bertz CT molecular complexity index is 1120. The lowest BCUT2D eigenvalue weighted by molar-refractivity contribution is 0.184. The molecule has 9 nitrogen and oxygen atoms in total. The van der Waals surface area contributed by atoms with Crippen molar-refractivity contribution in [1.82, 2.24) is 25.1 Å². The lowest BCUT2D eigenvalue weighted by atomic mass is 9.98. The maximum Gasteiger partial charge on any atom is 0.173 e. The van der Waals surface area contributed by atoms with Crippen molar-refractivity contribution in [3.63, 3.8) is 0 Å². The maximum absolute atomic E-state index is 5.80. The van der Waals surface area contributed by atoms with Gasteiger partial charge in [-0.1, -0.05) is 19.1 Å². The molecule has 1 aliphatic heterocycles. The summed E-state index contributed by atoms with van der Waals surface area (Å²) in [5.74, 6) is 3.24. The summed E-state index contributed by atoms with van der Waals surface area (Å²) in [5.41, 5.74) is 1.87. The summed E-state index contributed by atoms with van der Waals surface area (Å²) in [4.78, 5) is 4.80. The maximum atomic E-state index is 5.80. The van der Waals surface area contributed by atoms with Gasteiger partial charge in [-0.25, -0.2) is 4.68 Å². The molecule has 4 rings (SSSR count). The van der Waals surface area contributed by atoms with Gasteiger partial charge in [-0.05, 0) is 61.0 Å². The molecule has 9 heteroatoms. The third kappa shape index (κ3) is 4.91. The number of benzene rings is 2. The van der Waals surface area contributed by atoms with Crippen LogP contribution in [0, 0.1) is 0 Å². The topological polar surface area (TPSA) is 77.8 Å². The van der Waals surface area contributed by atoms with E-state index in [1.807, 2.05) is 35.0 Å². The van der Waals surface area contributed by atoms with Crippen LogP contribution in [0.4, 0.5) is 5.69 Å². The molecule has 2 aromatic carbocycles. The van der Waals surface area contributed by atoms with E-state index in [2.05, 4.69) is 58.2 Å². The van der Waals surface area contributed by atoms with Crippen LogP contribution in [-0.4, -0.2) is 72.6 Å². The Balaban J connectivity index is 1.73. The SMILES string of the molecule is CCC(C)(C)n1nnnc1C(c1cc(OC)ccc1OC)N1CCN(c2ccccc2OC)CC1. The fourth-order valence-corrected chi connectivity index (χ4v) is 4.61. The van der Waals surface area contributed by atoms with Gasteiger partial charge in [0.2, 0.25) is 0 Å². The van der Waals surface area contributed by atoms with Crippen molar-refractivity contribution in [2.75, 3.05) is 52.4 Å². The van der Waals surface area contributed by atoms with Gasteiger partial charge in [0, 0.05) is 31.7 Å². The molecule has 0 radical (unpaired) electrons. The molecule has 1 unspecified atom stereocenters. The van der Waals surface area contributed by atoms with Gasteiger partial charge >= 0.3 is 0 Å². The number of methoxy groups -OCH3 is 3. The van der Waals surface area contributed by atoms with E-state index in [4.69, 9.17) is 14.2 Å². The normalized spacial score (nSPS) is 15.7. The van der Waals surface area contributed by atoms with E-state index in [0.717, 1.165) is 66.9 Å². The third-order valence-corrected chi connectivity index (χ3v) is 7.01. The van der Waals surface area contributed by atoms with Gasteiger partial charge in [-0.3, -0.25) is 4.90 Å². The Labute approximate surface area is 207 Å². The molecule has 0 N–H and O–H groups in total.